The lowest BCUT2D eigenvalue weighted by atomic mass is 10.2. The first kappa shape index (κ1) is 15.2. The van der Waals surface area contributed by atoms with E-state index in [0.717, 1.165) is 13.1 Å². The van der Waals surface area contributed by atoms with Crippen LogP contribution in [0.5, 0.6) is 0 Å². The van der Waals surface area contributed by atoms with Gasteiger partial charge in [0.05, 0.1) is 6.20 Å². The zero-order valence-electron chi connectivity index (χ0n) is 12.2. The van der Waals surface area contributed by atoms with Gasteiger partial charge in [0, 0.05) is 25.4 Å². The fourth-order valence-electron chi connectivity index (χ4n) is 2.05. The second kappa shape index (κ2) is 9.11. The Labute approximate surface area is 111 Å². The summed E-state index contributed by atoms with van der Waals surface area (Å²) in [5, 5.41) is 7.63. The van der Waals surface area contributed by atoms with E-state index in [1.807, 2.05) is 17.9 Å². The van der Waals surface area contributed by atoms with E-state index in [1.54, 1.807) is 0 Å². The van der Waals surface area contributed by atoms with Crippen LogP contribution in [-0.4, -0.2) is 41.4 Å². The van der Waals surface area contributed by atoms with Crippen LogP contribution in [-0.2, 0) is 13.6 Å². The van der Waals surface area contributed by atoms with Crippen molar-refractivity contribution >= 4 is 0 Å². The zero-order valence-corrected chi connectivity index (χ0v) is 12.2. The standard InChI is InChI=1S/C14H28N4/c1-4-8-15-9-6-5-7-10-17(2)12-14-11-16-18(3)13-14/h11,13,15H,4-10,12H2,1-3H3. The minimum Gasteiger partial charge on any atom is -0.317 e. The van der Waals surface area contributed by atoms with Crippen LogP contribution >= 0.6 is 0 Å². The molecule has 0 radical (unpaired) electrons. The van der Waals surface area contributed by atoms with Crippen molar-refractivity contribution in [3.8, 4) is 0 Å². The van der Waals surface area contributed by atoms with Crippen LogP contribution < -0.4 is 5.32 Å². The molecule has 0 spiro atoms. The summed E-state index contributed by atoms with van der Waals surface area (Å²) < 4.78 is 1.86. The SMILES string of the molecule is CCCNCCCCCN(C)Cc1cnn(C)c1. The summed E-state index contributed by atoms with van der Waals surface area (Å²) >= 11 is 0. The van der Waals surface area contributed by atoms with E-state index in [1.165, 1.54) is 44.3 Å². The van der Waals surface area contributed by atoms with Crippen LogP contribution in [0.4, 0.5) is 0 Å². The van der Waals surface area contributed by atoms with Gasteiger partial charge in [0.25, 0.3) is 0 Å². The van der Waals surface area contributed by atoms with Gasteiger partial charge in [-0.3, -0.25) is 4.68 Å². The maximum atomic E-state index is 4.19. The molecule has 1 aromatic heterocycles. The van der Waals surface area contributed by atoms with Crippen molar-refractivity contribution in [1.29, 1.82) is 0 Å². The second-order valence-corrected chi connectivity index (χ2v) is 5.07. The summed E-state index contributed by atoms with van der Waals surface area (Å²) in [5.74, 6) is 0. The molecule has 0 amide bonds. The fourth-order valence-corrected chi connectivity index (χ4v) is 2.05. The number of unbranched alkanes of at least 4 members (excludes halogenated alkanes) is 2. The molecule has 0 saturated carbocycles. The van der Waals surface area contributed by atoms with Crippen LogP contribution in [0, 0.1) is 0 Å². The number of hydrogen-bond donors (Lipinski definition) is 1. The number of nitrogens with zero attached hydrogens (tertiary/aromatic N) is 3. The van der Waals surface area contributed by atoms with Crippen molar-refractivity contribution in [3.05, 3.63) is 18.0 Å². The molecular weight excluding hydrogens is 224 g/mol. The maximum Gasteiger partial charge on any atom is 0.0534 e. The lowest BCUT2D eigenvalue weighted by molar-refractivity contribution is 0.317. The molecule has 0 aliphatic carbocycles. The summed E-state index contributed by atoms with van der Waals surface area (Å²) in [5.41, 5.74) is 1.30. The van der Waals surface area contributed by atoms with E-state index < -0.39 is 0 Å². The second-order valence-electron chi connectivity index (χ2n) is 5.07. The predicted octanol–water partition coefficient (Wildman–Crippen LogP) is 2.02. The number of hydrogen-bond acceptors (Lipinski definition) is 3. The molecule has 0 saturated heterocycles. The Bertz CT molecular complexity index is 308. The summed E-state index contributed by atoms with van der Waals surface area (Å²) in [6.45, 7) is 6.70. The summed E-state index contributed by atoms with van der Waals surface area (Å²) in [7, 11) is 4.15. The van der Waals surface area contributed by atoms with Crippen LogP contribution in [0.25, 0.3) is 0 Å². The van der Waals surface area contributed by atoms with Gasteiger partial charge < -0.3 is 10.2 Å². The predicted molar refractivity (Wildman–Crippen MR) is 76.6 cm³/mol. The van der Waals surface area contributed by atoms with Gasteiger partial charge in [-0.15, -0.1) is 0 Å². The number of rotatable bonds is 10. The van der Waals surface area contributed by atoms with Crippen LogP contribution in [0.1, 0.15) is 38.2 Å². The molecule has 1 N–H and O–H groups in total. The molecule has 0 bridgehead atoms. The van der Waals surface area contributed by atoms with Gasteiger partial charge in [-0.05, 0) is 45.9 Å². The third-order valence-electron chi connectivity index (χ3n) is 3.03. The number of aromatic nitrogens is 2. The molecule has 1 aromatic rings. The first-order valence-electron chi connectivity index (χ1n) is 7.09. The molecule has 4 nitrogen and oxygen atoms in total. The van der Waals surface area contributed by atoms with Gasteiger partial charge >= 0.3 is 0 Å². The number of nitrogens with one attached hydrogen (secondary N) is 1. The quantitative estimate of drug-likeness (QED) is 0.647. The Morgan fingerprint density at radius 2 is 2.11 bits per heavy atom. The molecule has 0 fully saturated rings. The van der Waals surface area contributed by atoms with Crippen LogP contribution in [0.15, 0.2) is 12.4 Å². The van der Waals surface area contributed by atoms with Gasteiger partial charge in [0.1, 0.15) is 0 Å². The summed E-state index contributed by atoms with van der Waals surface area (Å²) in [6.07, 6.45) is 9.16. The van der Waals surface area contributed by atoms with Crippen molar-refractivity contribution in [2.24, 2.45) is 7.05 Å². The lowest BCUT2D eigenvalue weighted by Crippen LogP contribution is -2.20. The fraction of sp³-hybridized carbons (Fsp3) is 0.786. The van der Waals surface area contributed by atoms with Crippen LogP contribution in [0.2, 0.25) is 0 Å². The monoisotopic (exact) mass is 252 g/mol. The van der Waals surface area contributed by atoms with Crippen molar-refractivity contribution in [1.82, 2.24) is 20.0 Å². The topological polar surface area (TPSA) is 33.1 Å². The summed E-state index contributed by atoms with van der Waals surface area (Å²) in [4.78, 5) is 2.37. The molecule has 104 valence electrons. The van der Waals surface area contributed by atoms with E-state index in [4.69, 9.17) is 0 Å². The van der Waals surface area contributed by atoms with Crippen molar-refractivity contribution in [3.63, 3.8) is 0 Å². The van der Waals surface area contributed by atoms with E-state index in [9.17, 15) is 0 Å². The van der Waals surface area contributed by atoms with Gasteiger partial charge in [0.15, 0.2) is 0 Å². The average molecular weight is 252 g/mol. The molecule has 0 unspecified atom stereocenters. The molecule has 0 atom stereocenters. The molecule has 1 heterocycles. The molecule has 0 aromatic carbocycles. The lowest BCUT2D eigenvalue weighted by Gasteiger charge is -2.15. The Balaban J connectivity index is 1.98. The molecule has 0 aliphatic rings. The molecule has 0 aliphatic heterocycles. The highest BCUT2D eigenvalue weighted by atomic mass is 15.2. The Morgan fingerprint density at radius 3 is 2.78 bits per heavy atom. The average Bonchev–Trinajstić information content (AvgIpc) is 2.73. The van der Waals surface area contributed by atoms with Gasteiger partial charge in [-0.1, -0.05) is 13.3 Å². The third kappa shape index (κ3) is 6.77. The highest BCUT2D eigenvalue weighted by Crippen LogP contribution is 2.03. The Hall–Kier alpha value is -0.870. The van der Waals surface area contributed by atoms with Crippen molar-refractivity contribution in [2.45, 2.75) is 39.2 Å². The first-order chi connectivity index (χ1) is 8.72. The van der Waals surface area contributed by atoms with E-state index in [0.29, 0.717) is 0 Å². The molecule has 18 heavy (non-hydrogen) atoms. The third-order valence-corrected chi connectivity index (χ3v) is 3.03. The van der Waals surface area contributed by atoms with E-state index in [2.05, 4.69) is 35.5 Å². The largest absolute Gasteiger partial charge is 0.317 e. The van der Waals surface area contributed by atoms with E-state index in [-0.39, 0.29) is 0 Å². The first-order valence-corrected chi connectivity index (χ1v) is 7.09. The van der Waals surface area contributed by atoms with Crippen molar-refractivity contribution in [2.75, 3.05) is 26.7 Å². The van der Waals surface area contributed by atoms with Gasteiger partial charge in [-0.2, -0.15) is 5.10 Å². The summed E-state index contributed by atoms with van der Waals surface area (Å²) in [6, 6.07) is 0. The van der Waals surface area contributed by atoms with Gasteiger partial charge in [-0.25, -0.2) is 0 Å². The molecule has 1 rings (SSSR count). The smallest absolute Gasteiger partial charge is 0.0534 e. The zero-order chi connectivity index (χ0) is 13.2. The highest BCUT2D eigenvalue weighted by Gasteiger charge is 2.01. The molecular formula is C14H28N4. The van der Waals surface area contributed by atoms with Gasteiger partial charge in [0.2, 0.25) is 0 Å². The molecule has 4 heteroatoms. The van der Waals surface area contributed by atoms with Crippen LogP contribution in [0.3, 0.4) is 0 Å². The maximum absolute atomic E-state index is 4.19. The Morgan fingerprint density at radius 1 is 1.28 bits per heavy atom. The minimum absolute atomic E-state index is 1.00. The Kier molecular flexibility index (Phi) is 7.69. The number of aryl methyl sites for hydroxylation is 1. The highest BCUT2D eigenvalue weighted by molar-refractivity contribution is 5.02. The minimum atomic E-state index is 1.00. The van der Waals surface area contributed by atoms with E-state index >= 15 is 0 Å². The van der Waals surface area contributed by atoms with Crippen molar-refractivity contribution < 1.29 is 0 Å². The normalized spacial score (nSPS) is 11.3.